The Balaban J connectivity index is 2.18. The van der Waals surface area contributed by atoms with E-state index in [1.807, 2.05) is 6.92 Å². The van der Waals surface area contributed by atoms with Crippen LogP contribution in [0.25, 0.3) is 0 Å². The van der Waals surface area contributed by atoms with Crippen molar-refractivity contribution in [3.8, 4) is 0 Å². The fraction of sp³-hybridized carbons (Fsp3) is 0.688. The number of carbonyl (C=O) groups is 1. The molecule has 1 aliphatic rings. The summed E-state index contributed by atoms with van der Waals surface area (Å²) in [6.45, 7) is 10.6. The van der Waals surface area contributed by atoms with E-state index < -0.39 is 0 Å². The van der Waals surface area contributed by atoms with Gasteiger partial charge in [-0.1, -0.05) is 27.7 Å². The summed E-state index contributed by atoms with van der Waals surface area (Å²) >= 11 is 0. The highest BCUT2D eigenvalue weighted by atomic mass is 16.3. The van der Waals surface area contributed by atoms with Crippen molar-refractivity contribution in [3.63, 3.8) is 0 Å². The Kier molecular flexibility index (Phi) is 3.75. The summed E-state index contributed by atoms with van der Waals surface area (Å²) in [5, 5.41) is 3.18. The van der Waals surface area contributed by atoms with Gasteiger partial charge in [-0.25, -0.2) is 0 Å². The molecule has 106 valence electrons. The van der Waals surface area contributed by atoms with Crippen LogP contribution in [0.2, 0.25) is 0 Å². The van der Waals surface area contributed by atoms with Crippen molar-refractivity contribution in [2.24, 2.45) is 11.3 Å². The second-order valence-electron chi connectivity index (χ2n) is 7.00. The zero-order valence-corrected chi connectivity index (χ0v) is 12.7. The topological polar surface area (TPSA) is 42.2 Å². The van der Waals surface area contributed by atoms with Gasteiger partial charge < -0.3 is 9.73 Å². The van der Waals surface area contributed by atoms with Crippen LogP contribution in [-0.2, 0) is 11.2 Å². The van der Waals surface area contributed by atoms with Crippen molar-refractivity contribution in [2.75, 3.05) is 0 Å². The summed E-state index contributed by atoms with van der Waals surface area (Å²) in [5.41, 5.74) is 1.35. The summed E-state index contributed by atoms with van der Waals surface area (Å²) in [6, 6.07) is 2.17. The van der Waals surface area contributed by atoms with Gasteiger partial charge in [-0.15, -0.1) is 0 Å². The minimum Gasteiger partial charge on any atom is -0.466 e. The number of amides is 1. The number of rotatable bonds is 3. The van der Waals surface area contributed by atoms with Crippen LogP contribution in [0.15, 0.2) is 10.5 Å². The zero-order chi connectivity index (χ0) is 14.2. The Morgan fingerprint density at radius 3 is 2.84 bits per heavy atom. The number of hydrogen-bond acceptors (Lipinski definition) is 2. The van der Waals surface area contributed by atoms with E-state index in [0.717, 1.165) is 24.4 Å². The van der Waals surface area contributed by atoms with Crippen molar-refractivity contribution in [1.29, 1.82) is 0 Å². The fourth-order valence-electron chi connectivity index (χ4n) is 2.94. The van der Waals surface area contributed by atoms with E-state index in [0.29, 0.717) is 12.3 Å². The molecule has 0 aromatic carbocycles. The highest BCUT2D eigenvalue weighted by Gasteiger charge is 2.35. The molecule has 1 unspecified atom stereocenters. The van der Waals surface area contributed by atoms with E-state index in [9.17, 15) is 4.79 Å². The van der Waals surface area contributed by atoms with E-state index >= 15 is 0 Å². The van der Waals surface area contributed by atoms with Crippen LogP contribution >= 0.6 is 0 Å². The largest absolute Gasteiger partial charge is 0.466 e. The quantitative estimate of drug-likeness (QED) is 0.902. The lowest BCUT2D eigenvalue weighted by molar-refractivity contribution is -0.122. The molecule has 1 aliphatic carbocycles. The first-order valence-electron chi connectivity index (χ1n) is 7.15. The average molecular weight is 263 g/mol. The predicted molar refractivity (Wildman–Crippen MR) is 75.9 cm³/mol. The normalized spacial score (nSPS) is 21.3. The number of nitrogens with one attached hydrogen (secondary N) is 1. The number of carbonyl (C=O) groups excluding carboxylic acids is 1. The average Bonchev–Trinajstić information content (AvgIpc) is 2.55. The Morgan fingerprint density at radius 2 is 2.21 bits per heavy atom. The third kappa shape index (κ3) is 3.40. The summed E-state index contributed by atoms with van der Waals surface area (Å²) in [6.07, 6.45) is 2.51. The van der Waals surface area contributed by atoms with Crippen LogP contribution in [-0.4, -0.2) is 5.91 Å². The van der Waals surface area contributed by atoms with Gasteiger partial charge in [0.15, 0.2) is 0 Å². The lowest BCUT2D eigenvalue weighted by Crippen LogP contribution is -2.36. The highest BCUT2D eigenvalue weighted by molar-refractivity contribution is 5.76. The summed E-state index contributed by atoms with van der Waals surface area (Å²) in [5.74, 6) is 2.51. The molecule has 3 heteroatoms. The van der Waals surface area contributed by atoms with Crippen LogP contribution in [0, 0.1) is 18.3 Å². The van der Waals surface area contributed by atoms with Gasteiger partial charge in [-0.05, 0) is 30.7 Å². The van der Waals surface area contributed by atoms with Crippen LogP contribution in [0.3, 0.4) is 0 Å². The Morgan fingerprint density at radius 1 is 1.53 bits per heavy atom. The molecule has 19 heavy (non-hydrogen) atoms. The molecule has 0 fully saturated rings. The zero-order valence-electron chi connectivity index (χ0n) is 12.7. The van der Waals surface area contributed by atoms with E-state index in [1.165, 1.54) is 5.56 Å². The molecule has 0 radical (unpaired) electrons. The van der Waals surface area contributed by atoms with Gasteiger partial charge in [0.2, 0.25) is 5.91 Å². The molecule has 1 aromatic rings. The maximum atomic E-state index is 12.0. The highest BCUT2D eigenvalue weighted by Crippen LogP contribution is 2.42. The molecule has 1 atom stereocenters. The lowest BCUT2D eigenvalue weighted by atomic mass is 9.74. The second kappa shape index (κ2) is 5.03. The maximum absolute atomic E-state index is 12.0. The predicted octanol–water partition coefficient (Wildman–Crippen LogP) is 3.76. The van der Waals surface area contributed by atoms with Gasteiger partial charge in [0, 0.05) is 18.4 Å². The molecule has 0 aliphatic heterocycles. The van der Waals surface area contributed by atoms with Crippen molar-refractivity contribution >= 4 is 5.91 Å². The SMILES string of the molecule is Cc1cc2c(o1)CC(C)(C)CC2NC(=O)CC(C)C. The molecule has 0 spiro atoms. The lowest BCUT2D eigenvalue weighted by Gasteiger charge is -2.34. The monoisotopic (exact) mass is 263 g/mol. The molecular formula is C16H25NO2. The molecule has 0 bridgehead atoms. The molecule has 1 heterocycles. The Bertz CT molecular complexity index is 471. The van der Waals surface area contributed by atoms with Crippen molar-refractivity contribution in [2.45, 2.75) is 59.9 Å². The van der Waals surface area contributed by atoms with Crippen LogP contribution < -0.4 is 5.32 Å². The van der Waals surface area contributed by atoms with Gasteiger partial charge in [0.25, 0.3) is 0 Å². The number of hydrogen-bond donors (Lipinski definition) is 1. The molecule has 3 nitrogen and oxygen atoms in total. The summed E-state index contributed by atoms with van der Waals surface area (Å²) in [7, 11) is 0. The van der Waals surface area contributed by atoms with Gasteiger partial charge in [-0.2, -0.15) is 0 Å². The van der Waals surface area contributed by atoms with Crippen molar-refractivity contribution in [1.82, 2.24) is 5.32 Å². The first kappa shape index (κ1) is 14.2. The first-order chi connectivity index (χ1) is 8.77. The standard InChI is InChI=1S/C16H25NO2/c1-10(2)6-15(18)17-13-8-16(4,5)9-14-12(13)7-11(3)19-14/h7,10,13H,6,8-9H2,1-5H3,(H,17,18). The van der Waals surface area contributed by atoms with Crippen molar-refractivity contribution < 1.29 is 9.21 Å². The fourth-order valence-corrected chi connectivity index (χ4v) is 2.94. The van der Waals surface area contributed by atoms with Crippen molar-refractivity contribution in [3.05, 3.63) is 23.2 Å². The minimum atomic E-state index is 0.0995. The van der Waals surface area contributed by atoms with E-state index in [-0.39, 0.29) is 17.4 Å². The first-order valence-corrected chi connectivity index (χ1v) is 7.15. The molecule has 0 saturated carbocycles. The minimum absolute atomic E-state index is 0.0995. The summed E-state index contributed by atoms with van der Waals surface area (Å²) in [4.78, 5) is 12.0. The van der Waals surface area contributed by atoms with Crippen LogP contribution in [0.5, 0.6) is 0 Å². The third-order valence-electron chi connectivity index (χ3n) is 3.67. The van der Waals surface area contributed by atoms with Crippen LogP contribution in [0.4, 0.5) is 0 Å². The number of aryl methyl sites for hydroxylation is 1. The van der Waals surface area contributed by atoms with E-state index in [4.69, 9.17) is 4.42 Å². The Labute approximate surface area is 115 Å². The second-order valence-corrected chi connectivity index (χ2v) is 7.00. The molecular weight excluding hydrogens is 238 g/mol. The molecule has 2 rings (SSSR count). The van der Waals surface area contributed by atoms with Gasteiger partial charge >= 0.3 is 0 Å². The summed E-state index contributed by atoms with van der Waals surface area (Å²) < 4.78 is 5.78. The van der Waals surface area contributed by atoms with E-state index in [1.54, 1.807) is 0 Å². The Hall–Kier alpha value is -1.25. The molecule has 0 saturated heterocycles. The van der Waals surface area contributed by atoms with E-state index in [2.05, 4.69) is 39.1 Å². The molecule has 1 aromatic heterocycles. The smallest absolute Gasteiger partial charge is 0.220 e. The van der Waals surface area contributed by atoms with Gasteiger partial charge in [0.05, 0.1) is 6.04 Å². The van der Waals surface area contributed by atoms with Crippen LogP contribution in [0.1, 0.15) is 63.7 Å². The van der Waals surface area contributed by atoms with Gasteiger partial charge in [0.1, 0.15) is 11.5 Å². The maximum Gasteiger partial charge on any atom is 0.220 e. The van der Waals surface area contributed by atoms with Gasteiger partial charge in [-0.3, -0.25) is 4.79 Å². The molecule has 1 N–H and O–H groups in total. The number of furan rings is 1. The third-order valence-corrected chi connectivity index (χ3v) is 3.67. The number of fused-ring (bicyclic) bond motifs is 1. The molecule has 1 amide bonds.